The standard InChI is InChI=1S/C19H28N4O2/c1-15(24)23-17-7-4-3-6-16(17)14-18(23)19(25)20-8-5-9-22-12-10-21(2)11-13-22/h3-4,6-7,18H,5,8-14H2,1-2H3,(H,20,25)/t18-/m1/s1. The Bertz CT molecular complexity index is 626. The average Bonchev–Trinajstić information content (AvgIpc) is 3.00. The Morgan fingerprint density at radius 3 is 2.60 bits per heavy atom. The largest absolute Gasteiger partial charge is 0.354 e. The van der Waals surface area contributed by atoms with Crippen LogP contribution in [0.5, 0.6) is 0 Å². The Balaban J connectivity index is 1.47. The number of nitrogens with one attached hydrogen (secondary N) is 1. The molecule has 25 heavy (non-hydrogen) atoms. The number of hydrogen-bond acceptors (Lipinski definition) is 4. The second-order valence-corrected chi connectivity index (χ2v) is 7.03. The van der Waals surface area contributed by atoms with E-state index in [1.54, 1.807) is 4.90 Å². The monoisotopic (exact) mass is 344 g/mol. The number of piperazine rings is 1. The molecule has 2 aliphatic rings. The fourth-order valence-corrected chi connectivity index (χ4v) is 3.69. The van der Waals surface area contributed by atoms with Crippen molar-refractivity contribution in [3.05, 3.63) is 29.8 Å². The molecular formula is C19H28N4O2. The molecule has 0 spiro atoms. The van der Waals surface area contributed by atoms with Crippen LogP contribution in [0.25, 0.3) is 0 Å². The fraction of sp³-hybridized carbons (Fsp3) is 0.579. The van der Waals surface area contributed by atoms with Crippen molar-refractivity contribution in [3.8, 4) is 0 Å². The highest BCUT2D eigenvalue weighted by molar-refractivity contribution is 6.02. The van der Waals surface area contributed by atoms with Gasteiger partial charge in [-0.05, 0) is 31.6 Å². The van der Waals surface area contributed by atoms with Gasteiger partial charge in [0.2, 0.25) is 11.8 Å². The van der Waals surface area contributed by atoms with Gasteiger partial charge in [0.1, 0.15) is 6.04 Å². The number of hydrogen-bond donors (Lipinski definition) is 1. The van der Waals surface area contributed by atoms with Gasteiger partial charge in [0.05, 0.1) is 0 Å². The SMILES string of the molecule is CC(=O)N1c2ccccc2C[C@@H]1C(=O)NCCCN1CCN(C)CC1. The van der Waals surface area contributed by atoms with E-state index in [2.05, 4.69) is 22.2 Å². The van der Waals surface area contributed by atoms with E-state index in [9.17, 15) is 9.59 Å². The zero-order chi connectivity index (χ0) is 17.8. The van der Waals surface area contributed by atoms with Crippen LogP contribution in [0.2, 0.25) is 0 Å². The number of anilines is 1. The average molecular weight is 344 g/mol. The van der Waals surface area contributed by atoms with Gasteiger partial charge in [0.25, 0.3) is 0 Å². The van der Waals surface area contributed by atoms with E-state index < -0.39 is 6.04 Å². The van der Waals surface area contributed by atoms with Gasteiger partial charge < -0.3 is 15.1 Å². The van der Waals surface area contributed by atoms with E-state index in [4.69, 9.17) is 0 Å². The summed E-state index contributed by atoms with van der Waals surface area (Å²) in [7, 11) is 2.15. The summed E-state index contributed by atoms with van der Waals surface area (Å²) < 4.78 is 0. The van der Waals surface area contributed by atoms with Crippen LogP contribution in [-0.4, -0.2) is 74.0 Å². The molecule has 1 aromatic carbocycles. The molecule has 6 nitrogen and oxygen atoms in total. The fourth-order valence-electron chi connectivity index (χ4n) is 3.69. The van der Waals surface area contributed by atoms with Crippen molar-refractivity contribution in [2.24, 2.45) is 0 Å². The molecule has 3 rings (SSSR count). The van der Waals surface area contributed by atoms with E-state index in [-0.39, 0.29) is 11.8 Å². The Morgan fingerprint density at radius 2 is 1.88 bits per heavy atom. The zero-order valence-electron chi connectivity index (χ0n) is 15.2. The second-order valence-electron chi connectivity index (χ2n) is 7.03. The number of rotatable bonds is 5. The summed E-state index contributed by atoms with van der Waals surface area (Å²) in [6.07, 6.45) is 1.54. The number of likely N-dealkylation sites (N-methyl/N-ethyl adjacent to an activating group) is 1. The quantitative estimate of drug-likeness (QED) is 0.800. The lowest BCUT2D eigenvalue weighted by molar-refractivity contribution is -0.125. The number of fused-ring (bicyclic) bond motifs is 1. The number of amides is 2. The van der Waals surface area contributed by atoms with Crippen molar-refractivity contribution in [3.63, 3.8) is 0 Å². The van der Waals surface area contributed by atoms with Crippen molar-refractivity contribution < 1.29 is 9.59 Å². The van der Waals surface area contributed by atoms with E-state index in [0.717, 1.165) is 50.4 Å². The lowest BCUT2D eigenvalue weighted by Crippen LogP contribution is -2.48. The van der Waals surface area contributed by atoms with Crippen molar-refractivity contribution >= 4 is 17.5 Å². The van der Waals surface area contributed by atoms with Gasteiger partial charge in [-0.15, -0.1) is 0 Å². The van der Waals surface area contributed by atoms with Crippen molar-refractivity contribution in [1.82, 2.24) is 15.1 Å². The van der Waals surface area contributed by atoms with Crippen molar-refractivity contribution in [2.75, 3.05) is 51.2 Å². The van der Waals surface area contributed by atoms with Crippen molar-refractivity contribution in [2.45, 2.75) is 25.8 Å². The van der Waals surface area contributed by atoms with E-state index >= 15 is 0 Å². The smallest absolute Gasteiger partial charge is 0.243 e. The summed E-state index contributed by atoms with van der Waals surface area (Å²) >= 11 is 0. The molecule has 0 radical (unpaired) electrons. The minimum absolute atomic E-state index is 0.0511. The normalized spacial score (nSPS) is 21.2. The molecule has 0 unspecified atom stereocenters. The minimum atomic E-state index is -0.418. The van der Waals surface area contributed by atoms with Crippen LogP contribution in [0.1, 0.15) is 18.9 Å². The summed E-state index contributed by atoms with van der Waals surface area (Å²) in [5.74, 6) is -0.132. The lowest BCUT2D eigenvalue weighted by Gasteiger charge is -2.32. The van der Waals surface area contributed by atoms with Crippen LogP contribution in [-0.2, 0) is 16.0 Å². The maximum atomic E-state index is 12.6. The van der Waals surface area contributed by atoms with Gasteiger partial charge in [-0.2, -0.15) is 0 Å². The molecule has 1 fully saturated rings. The summed E-state index contributed by atoms with van der Waals surface area (Å²) in [6.45, 7) is 7.61. The highest BCUT2D eigenvalue weighted by Gasteiger charge is 2.36. The Kier molecular flexibility index (Phi) is 5.71. The lowest BCUT2D eigenvalue weighted by atomic mass is 10.1. The van der Waals surface area contributed by atoms with Gasteiger partial charge in [0.15, 0.2) is 0 Å². The van der Waals surface area contributed by atoms with Crippen molar-refractivity contribution in [1.29, 1.82) is 0 Å². The predicted octanol–water partition coefficient (Wildman–Crippen LogP) is 0.718. The maximum absolute atomic E-state index is 12.6. The summed E-state index contributed by atoms with van der Waals surface area (Å²) in [5, 5.41) is 3.02. The molecule has 1 atom stereocenters. The van der Waals surface area contributed by atoms with Gasteiger partial charge >= 0.3 is 0 Å². The Morgan fingerprint density at radius 1 is 1.16 bits per heavy atom. The summed E-state index contributed by atoms with van der Waals surface area (Å²) in [6, 6.07) is 7.35. The molecule has 0 bridgehead atoms. The molecule has 0 aliphatic carbocycles. The zero-order valence-corrected chi connectivity index (χ0v) is 15.2. The first-order valence-corrected chi connectivity index (χ1v) is 9.12. The molecule has 0 saturated carbocycles. The van der Waals surface area contributed by atoms with Crippen LogP contribution in [0.4, 0.5) is 5.69 Å². The van der Waals surface area contributed by atoms with Crippen LogP contribution >= 0.6 is 0 Å². The molecular weight excluding hydrogens is 316 g/mol. The predicted molar refractivity (Wildman–Crippen MR) is 98.7 cm³/mol. The number of para-hydroxylation sites is 1. The molecule has 1 saturated heterocycles. The molecule has 1 N–H and O–H groups in total. The Hall–Kier alpha value is -1.92. The van der Waals surface area contributed by atoms with Crippen LogP contribution in [0, 0.1) is 0 Å². The number of carbonyl (C=O) groups excluding carboxylic acids is 2. The summed E-state index contributed by atoms with van der Waals surface area (Å²) in [5.41, 5.74) is 1.93. The highest BCUT2D eigenvalue weighted by atomic mass is 16.2. The van der Waals surface area contributed by atoms with E-state index in [0.29, 0.717) is 13.0 Å². The first-order chi connectivity index (χ1) is 12.1. The first-order valence-electron chi connectivity index (χ1n) is 9.12. The topological polar surface area (TPSA) is 55.9 Å². The molecule has 2 amide bonds. The first kappa shape index (κ1) is 17.9. The molecule has 2 heterocycles. The number of carbonyl (C=O) groups is 2. The number of benzene rings is 1. The highest BCUT2D eigenvalue weighted by Crippen LogP contribution is 2.32. The molecule has 0 aromatic heterocycles. The third kappa shape index (κ3) is 4.19. The second kappa shape index (κ2) is 7.97. The molecule has 1 aromatic rings. The third-order valence-corrected chi connectivity index (χ3v) is 5.16. The minimum Gasteiger partial charge on any atom is -0.354 e. The van der Waals surface area contributed by atoms with Gasteiger partial charge in [-0.1, -0.05) is 18.2 Å². The summed E-state index contributed by atoms with van der Waals surface area (Å²) in [4.78, 5) is 31.0. The van der Waals surface area contributed by atoms with E-state index in [1.165, 1.54) is 6.92 Å². The van der Waals surface area contributed by atoms with Gasteiger partial charge in [-0.25, -0.2) is 0 Å². The van der Waals surface area contributed by atoms with Crippen LogP contribution in [0.15, 0.2) is 24.3 Å². The molecule has 2 aliphatic heterocycles. The number of nitrogens with zero attached hydrogens (tertiary/aromatic N) is 3. The molecule has 6 heteroatoms. The van der Waals surface area contributed by atoms with Crippen LogP contribution < -0.4 is 10.2 Å². The van der Waals surface area contributed by atoms with E-state index in [1.807, 2.05) is 24.3 Å². The third-order valence-electron chi connectivity index (χ3n) is 5.16. The molecule has 136 valence electrons. The van der Waals surface area contributed by atoms with Crippen LogP contribution in [0.3, 0.4) is 0 Å². The van der Waals surface area contributed by atoms with Gasteiger partial charge in [-0.3, -0.25) is 14.5 Å². The van der Waals surface area contributed by atoms with Gasteiger partial charge in [0, 0.05) is 51.8 Å². The Labute approximate surface area is 149 Å². The maximum Gasteiger partial charge on any atom is 0.243 e.